The number of carbonyl (C=O) groups is 1. The molecule has 1 heterocycles. The van der Waals surface area contributed by atoms with Crippen LogP contribution in [-0.4, -0.2) is 57.2 Å². The molecule has 1 amide bonds. The second kappa shape index (κ2) is 14.9. The molecule has 7 nitrogen and oxygen atoms in total. The molecule has 0 spiro atoms. The number of hydrogen-bond acceptors (Lipinski definition) is 5. The lowest BCUT2D eigenvalue weighted by Gasteiger charge is -2.20. The molecule has 2 N–H and O–H groups in total. The molecule has 0 fully saturated rings. The van der Waals surface area contributed by atoms with Gasteiger partial charge in [-0.05, 0) is 56.3 Å². The van der Waals surface area contributed by atoms with E-state index in [4.69, 9.17) is 9.47 Å². The third-order valence-corrected chi connectivity index (χ3v) is 5.47. The highest BCUT2D eigenvalue weighted by molar-refractivity contribution is 14.0. The topological polar surface area (TPSA) is 75.2 Å². The van der Waals surface area contributed by atoms with E-state index in [-0.39, 0.29) is 42.5 Å². The van der Waals surface area contributed by atoms with Crippen LogP contribution in [-0.2, 0) is 11.2 Å². The summed E-state index contributed by atoms with van der Waals surface area (Å²) in [5.74, 6) is 2.01. The van der Waals surface area contributed by atoms with Gasteiger partial charge in [0.1, 0.15) is 6.54 Å². The van der Waals surface area contributed by atoms with Crippen molar-refractivity contribution in [2.45, 2.75) is 33.2 Å². The fourth-order valence-corrected chi connectivity index (χ4v) is 3.53. The van der Waals surface area contributed by atoms with E-state index in [0.29, 0.717) is 19.2 Å². The van der Waals surface area contributed by atoms with Crippen molar-refractivity contribution >= 4 is 47.2 Å². The van der Waals surface area contributed by atoms with Gasteiger partial charge in [-0.2, -0.15) is 0 Å². The SMILES string of the molecule is CCOc1ccc(C(C)NC(=NCC(=O)N(C)C)NCCc2cccs2)cc1OCC.I. The molecule has 0 aliphatic rings. The van der Waals surface area contributed by atoms with Gasteiger partial charge in [0.25, 0.3) is 0 Å². The molecule has 0 radical (unpaired) electrons. The second-order valence-electron chi connectivity index (χ2n) is 7.15. The molecular weight excluding hydrogens is 539 g/mol. The summed E-state index contributed by atoms with van der Waals surface area (Å²) in [6, 6.07) is 10.0. The summed E-state index contributed by atoms with van der Waals surface area (Å²) >= 11 is 1.73. The molecule has 178 valence electrons. The van der Waals surface area contributed by atoms with E-state index in [9.17, 15) is 4.79 Å². The monoisotopic (exact) mass is 574 g/mol. The van der Waals surface area contributed by atoms with E-state index in [1.165, 1.54) is 9.78 Å². The van der Waals surface area contributed by atoms with E-state index in [0.717, 1.165) is 30.0 Å². The Kier molecular flexibility index (Phi) is 13.1. The fourth-order valence-electron chi connectivity index (χ4n) is 2.83. The number of rotatable bonds is 11. The number of carbonyl (C=O) groups excluding carboxylic acids is 1. The van der Waals surface area contributed by atoms with Gasteiger partial charge in [0, 0.05) is 25.5 Å². The number of nitrogens with one attached hydrogen (secondary N) is 2. The summed E-state index contributed by atoms with van der Waals surface area (Å²) in [7, 11) is 3.46. The average molecular weight is 575 g/mol. The van der Waals surface area contributed by atoms with Gasteiger partial charge in [-0.3, -0.25) is 4.79 Å². The van der Waals surface area contributed by atoms with Crippen molar-refractivity contribution < 1.29 is 14.3 Å². The molecule has 9 heteroatoms. The van der Waals surface area contributed by atoms with Gasteiger partial charge in [0.2, 0.25) is 5.91 Å². The summed E-state index contributed by atoms with van der Waals surface area (Å²) in [6.07, 6.45) is 0.895. The Morgan fingerprint density at radius 3 is 2.50 bits per heavy atom. The zero-order valence-corrected chi connectivity index (χ0v) is 22.7. The molecule has 2 rings (SSSR count). The second-order valence-corrected chi connectivity index (χ2v) is 8.18. The number of thiophene rings is 1. The van der Waals surface area contributed by atoms with Crippen molar-refractivity contribution in [2.75, 3.05) is 40.4 Å². The van der Waals surface area contributed by atoms with Crippen LogP contribution < -0.4 is 20.1 Å². The average Bonchev–Trinajstić information content (AvgIpc) is 3.26. The minimum absolute atomic E-state index is 0. The molecule has 0 saturated heterocycles. The minimum Gasteiger partial charge on any atom is -0.490 e. The summed E-state index contributed by atoms with van der Waals surface area (Å²) in [4.78, 5) is 19.3. The number of guanidine groups is 1. The van der Waals surface area contributed by atoms with Crippen LogP contribution >= 0.6 is 35.3 Å². The van der Waals surface area contributed by atoms with Crippen LogP contribution in [0.3, 0.4) is 0 Å². The Labute approximate surface area is 212 Å². The van der Waals surface area contributed by atoms with Crippen LogP contribution in [0.5, 0.6) is 11.5 Å². The number of aliphatic imine (C=N–C) groups is 1. The molecule has 2 aromatic rings. The standard InChI is InChI=1S/C23H34N4O3S.HI/c1-6-29-20-11-10-18(15-21(20)30-7-2)17(3)26-23(25-16-22(28)27(4)5)24-13-12-19-9-8-14-31-19;/h8-11,14-15,17H,6-7,12-13,16H2,1-5H3,(H2,24,25,26);1H. The number of amides is 1. The van der Waals surface area contributed by atoms with Crippen LogP contribution in [0.25, 0.3) is 0 Å². The van der Waals surface area contributed by atoms with Crippen molar-refractivity contribution in [3.05, 3.63) is 46.2 Å². The van der Waals surface area contributed by atoms with Gasteiger partial charge >= 0.3 is 0 Å². The molecule has 0 bridgehead atoms. The first kappa shape index (κ1) is 28.0. The van der Waals surface area contributed by atoms with Gasteiger partial charge in [0.15, 0.2) is 17.5 Å². The maximum Gasteiger partial charge on any atom is 0.243 e. The van der Waals surface area contributed by atoms with Crippen LogP contribution in [0.1, 0.15) is 37.3 Å². The van der Waals surface area contributed by atoms with Crippen LogP contribution in [0.2, 0.25) is 0 Å². The zero-order chi connectivity index (χ0) is 22.6. The molecule has 0 aliphatic carbocycles. The molecule has 0 aliphatic heterocycles. The van der Waals surface area contributed by atoms with Crippen LogP contribution in [0.4, 0.5) is 0 Å². The molecule has 1 atom stereocenters. The number of nitrogens with zero attached hydrogens (tertiary/aromatic N) is 2. The Bertz CT molecular complexity index is 844. The van der Waals surface area contributed by atoms with E-state index in [2.05, 4.69) is 34.0 Å². The Hall–Kier alpha value is -2.01. The first-order valence-corrected chi connectivity index (χ1v) is 11.5. The molecule has 0 saturated carbocycles. The van der Waals surface area contributed by atoms with E-state index < -0.39 is 0 Å². The predicted octanol–water partition coefficient (Wildman–Crippen LogP) is 4.09. The van der Waals surface area contributed by atoms with Crippen molar-refractivity contribution in [3.8, 4) is 11.5 Å². The highest BCUT2D eigenvalue weighted by Gasteiger charge is 2.13. The lowest BCUT2D eigenvalue weighted by Crippen LogP contribution is -2.40. The van der Waals surface area contributed by atoms with E-state index in [1.54, 1.807) is 25.4 Å². The van der Waals surface area contributed by atoms with Crippen molar-refractivity contribution in [1.82, 2.24) is 15.5 Å². The normalized spacial score (nSPS) is 11.8. The van der Waals surface area contributed by atoms with Crippen LogP contribution in [0.15, 0.2) is 40.7 Å². The lowest BCUT2D eigenvalue weighted by molar-refractivity contribution is -0.127. The smallest absolute Gasteiger partial charge is 0.243 e. The number of hydrogen-bond donors (Lipinski definition) is 2. The first-order chi connectivity index (χ1) is 14.9. The van der Waals surface area contributed by atoms with Gasteiger partial charge in [-0.25, -0.2) is 4.99 Å². The maximum atomic E-state index is 12.0. The quantitative estimate of drug-likeness (QED) is 0.240. The van der Waals surface area contributed by atoms with Crippen molar-refractivity contribution in [1.29, 1.82) is 0 Å². The minimum atomic E-state index is -0.0493. The predicted molar refractivity (Wildman–Crippen MR) is 143 cm³/mol. The van der Waals surface area contributed by atoms with Gasteiger partial charge in [-0.15, -0.1) is 35.3 Å². The first-order valence-electron chi connectivity index (χ1n) is 10.6. The third-order valence-electron chi connectivity index (χ3n) is 4.54. The highest BCUT2D eigenvalue weighted by Crippen LogP contribution is 2.30. The van der Waals surface area contributed by atoms with Gasteiger partial charge in [-0.1, -0.05) is 12.1 Å². The number of likely N-dealkylation sites (N-methyl/N-ethyl adjacent to an activating group) is 1. The zero-order valence-electron chi connectivity index (χ0n) is 19.5. The Morgan fingerprint density at radius 2 is 1.88 bits per heavy atom. The van der Waals surface area contributed by atoms with Crippen molar-refractivity contribution in [2.24, 2.45) is 4.99 Å². The summed E-state index contributed by atoms with van der Waals surface area (Å²) in [6.45, 7) is 7.91. The summed E-state index contributed by atoms with van der Waals surface area (Å²) in [5, 5.41) is 8.82. The van der Waals surface area contributed by atoms with Crippen LogP contribution in [0, 0.1) is 0 Å². The molecule has 32 heavy (non-hydrogen) atoms. The summed E-state index contributed by atoms with van der Waals surface area (Å²) < 4.78 is 11.4. The molecule has 1 aromatic heterocycles. The largest absolute Gasteiger partial charge is 0.490 e. The molecular formula is C23H35IN4O3S. The fraction of sp³-hybridized carbons (Fsp3) is 0.478. The Balaban J connectivity index is 0.00000512. The summed E-state index contributed by atoms with van der Waals surface area (Å²) in [5.41, 5.74) is 1.04. The Morgan fingerprint density at radius 1 is 1.16 bits per heavy atom. The number of halogens is 1. The highest BCUT2D eigenvalue weighted by atomic mass is 127. The van der Waals surface area contributed by atoms with Gasteiger partial charge in [0.05, 0.1) is 19.3 Å². The van der Waals surface area contributed by atoms with Crippen molar-refractivity contribution in [3.63, 3.8) is 0 Å². The number of benzene rings is 1. The third kappa shape index (κ3) is 9.23. The number of ether oxygens (including phenoxy) is 2. The van der Waals surface area contributed by atoms with E-state index >= 15 is 0 Å². The maximum absolute atomic E-state index is 12.0. The van der Waals surface area contributed by atoms with E-state index in [1.807, 2.05) is 38.1 Å². The molecule has 1 aromatic carbocycles. The van der Waals surface area contributed by atoms with Gasteiger partial charge < -0.3 is 25.0 Å². The lowest BCUT2D eigenvalue weighted by atomic mass is 10.1. The molecule has 1 unspecified atom stereocenters.